The van der Waals surface area contributed by atoms with Crippen LogP contribution in [0.4, 0.5) is 8.78 Å². The zero-order valence-electron chi connectivity index (χ0n) is 18.6. The van der Waals surface area contributed by atoms with Crippen molar-refractivity contribution >= 4 is 28.7 Å². The number of aliphatic hydroxyl groups is 2. The molecule has 13 heteroatoms. The molecule has 3 N–H and O–H groups in total. The van der Waals surface area contributed by atoms with Crippen LogP contribution in [0.15, 0.2) is 18.2 Å². The molecule has 2 aromatic heterocycles. The zero-order valence-corrected chi connectivity index (χ0v) is 19.4. The lowest BCUT2D eigenvalue weighted by atomic mass is 10.2. The Balaban J connectivity index is 1.46. The summed E-state index contributed by atoms with van der Waals surface area (Å²) in [5.74, 6) is -2.07. The Labute approximate surface area is 203 Å². The van der Waals surface area contributed by atoms with Gasteiger partial charge < -0.3 is 34.3 Å². The molecule has 1 aliphatic heterocycles. The topological polar surface area (TPSA) is 130 Å². The van der Waals surface area contributed by atoms with E-state index in [0.717, 1.165) is 12.1 Å². The molecular weight excluding hydrogens is 490 g/mol. The van der Waals surface area contributed by atoms with E-state index >= 15 is 0 Å². The summed E-state index contributed by atoms with van der Waals surface area (Å²) in [5, 5.41) is 18.3. The van der Waals surface area contributed by atoms with E-state index in [1.807, 2.05) is 0 Å². The number of carbonyl (C=O) groups is 1. The SMILES string of the molecule is CC(=O)N1C[C@@H](Oc2nc3nc(OCc4c(F)cc(OCCO)cc4F)c(Cl)cc3[nH]2)C[C@H]1CO. The van der Waals surface area contributed by atoms with Gasteiger partial charge in [-0.15, -0.1) is 0 Å². The highest BCUT2D eigenvalue weighted by Gasteiger charge is 2.35. The van der Waals surface area contributed by atoms with Crippen LogP contribution in [0.3, 0.4) is 0 Å². The summed E-state index contributed by atoms with van der Waals surface area (Å²) >= 11 is 6.22. The van der Waals surface area contributed by atoms with Crippen LogP contribution >= 0.6 is 11.6 Å². The molecule has 10 nitrogen and oxygen atoms in total. The summed E-state index contributed by atoms with van der Waals surface area (Å²) in [5.41, 5.74) is 0.300. The molecule has 0 saturated carbocycles. The fourth-order valence-electron chi connectivity index (χ4n) is 3.82. The van der Waals surface area contributed by atoms with Gasteiger partial charge in [-0.05, 0) is 6.07 Å². The standard InChI is InChI=1S/C22H23ClF2N4O6/c1-11(32)29-8-14(4-12(29)9-31)35-22-26-19-7-16(23)21(27-20(19)28-22)34-10-15-17(24)5-13(6-18(15)25)33-3-2-30/h5-7,12,14,30-31H,2-4,8-10H2,1H3,(H,26,27,28)/t12-,14-/m0/s1. The van der Waals surface area contributed by atoms with Gasteiger partial charge in [0, 0.05) is 25.5 Å². The van der Waals surface area contributed by atoms with Gasteiger partial charge in [-0.2, -0.15) is 9.97 Å². The van der Waals surface area contributed by atoms with Gasteiger partial charge in [0.1, 0.15) is 41.7 Å². The number of carbonyl (C=O) groups excluding carboxylic acids is 1. The van der Waals surface area contributed by atoms with E-state index in [1.54, 1.807) is 0 Å². The van der Waals surface area contributed by atoms with Crippen LogP contribution in [-0.4, -0.2) is 74.5 Å². The number of rotatable bonds is 9. The smallest absolute Gasteiger partial charge is 0.296 e. The Morgan fingerprint density at radius 1 is 1.23 bits per heavy atom. The number of ether oxygens (including phenoxy) is 3. The maximum atomic E-state index is 14.3. The van der Waals surface area contributed by atoms with Crippen molar-refractivity contribution < 1.29 is 38.0 Å². The third-order valence-corrected chi connectivity index (χ3v) is 5.74. The quantitative estimate of drug-likeness (QED) is 0.398. The maximum absolute atomic E-state index is 14.3. The summed E-state index contributed by atoms with van der Waals surface area (Å²) in [6, 6.07) is 3.29. The van der Waals surface area contributed by atoms with Crippen molar-refractivity contribution in [2.45, 2.75) is 32.1 Å². The number of hydrogen-bond acceptors (Lipinski definition) is 8. The lowest BCUT2D eigenvalue weighted by Crippen LogP contribution is -2.36. The van der Waals surface area contributed by atoms with Crippen LogP contribution in [-0.2, 0) is 11.4 Å². The molecule has 188 valence electrons. The highest BCUT2D eigenvalue weighted by atomic mass is 35.5. The van der Waals surface area contributed by atoms with Gasteiger partial charge in [0.05, 0.1) is 36.9 Å². The van der Waals surface area contributed by atoms with Gasteiger partial charge in [0.15, 0.2) is 5.65 Å². The number of aromatic nitrogens is 3. The molecule has 0 aliphatic carbocycles. The van der Waals surface area contributed by atoms with Crippen molar-refractivity contribution in [2.75, 3.05) is 26.4 Å². The monoisotopic (exact) mass is 512 g/mol. The summed E-state index contributed by atoms with van der Waals surface area (Å²) in [6.07, 6.45) is 0.0643. The predicted octanol–water partition coefficient (Wildman–Crippen LogP) is 2.20. The van der Waals surface area contributed by atoms with E-state index in [1.165, 1.54) is 17.9 Å². The Kier molecular flexibility index (Phi) is 7.53. The van der Waals surface area contributed by atoms with Crippen LogP contribution in [0.2, 0.25) is 5.02 Å². The number of likely N-dealkylation sites (tertiary alicyclic amines) is 1. The number of hydrogen-bond donors (Lipinski definition) is 3. The van der Waals surface area contributed by atoms with Crippen molar-refractivity contribution in [1.29, 1.82) is 0 Å². The second-order valence-electron chi connectivity index (χ2n) is 7.90. The average molecular weight is 513 g/mol. The number of fused-ring (bicyclic) bond motifs is 1. The van der Waals surface area contributed by atoms with Crippen molar-refractivity contribution in [3.05, 3.63) is 40.4 Å². The summed E-state index contributed by atoms with van der Waals surface area (Å²) in [6.45, 7) is 0.688. The Morgan fingerprint density at radius 3 is 2.60 bits per heavy atom. The Hall–Kier alpha value is -3.22. The lowest BCUT2D eigenvalue weighted by Gasteiger charge is -2.20. The number of nitrogens with one attached hydrogen (secondary N) is 1. The Bertz CT molecular complexity index is 1200. The summed E-state index contributed by atoms with van der Waals surface area (Å²) in [4.78, 5) is 24.6. The summed E-state index contributed by atoms with van der Waals surface area (Å²) in [7, 11) is 0. The molecule has 3 heterocycles. The lowest BCUT2D eigenvalue weighted by molar-refractivity contribution is -0.130. The summed E-state index contributed by atoms with van der Waals surface area (Å²) < 4.78 is 45.0. The van der Waals surface area contributed by atoms with Gasteiger partial charge in [-0.25, -0.2) is 8.78 Å². The van der Waals surface area contributed by atoms with Crippen LogP contribution in [0.25, 0.3) is 11.2 Å². The second-order valence-corrected chi connectivity index (χ2v) is 8.31. The first kappa shape index (κ1) is 24.9. The van der Waals surface area contributed by atoms with E-state index in [0.29, 0.717) is 18.5 Å². The third kappa shape index (κ3) is 5.55. The molecule has 35 heavy (non-hydrogen) atoms. The second kappa shape index (κ2) is 10.6. The minimum absolute atomic E-state index is 0.0570. The predicted molar refractivity (Wildman–Crippen MR) is 119 cm³/mol. The third-order valence-electron chi connectivity index (χ3n) is 5.47. The van der Waals surface area contributed by atoms with Gasteiger partial charge in [0.25, 0.3) is 6.01 Å². The number of H-pyrrole nitrogens is 1. The molecule has 0 radical (unpaired) electrons. The largest absolute Gasteiger partial charge is 0.491 e. The Morgan fingerprint density at radius 2 is 1.97 bits per heavy atom. The van der Waals surface area contributed by atoms with Crippen LogP contribution in [0.5, 0.6) is 17.6 Å². The molecule has 2 atom stereocenters. The number of aromatic amines is 1. The molecule has 1 saturated heterocycles. The van der Waals surface area contributed by atoms with Crippen molar-refractivity contribution in [3.63, 3.8) is 0 Å². The van der Waals surface area contributed by atoms with E-state index in [9.17, 15) is 18.7 Å². The number of amides is 1. The molecule has 0 spiro atoms. The van der Waals surface area contributed by atoms with E-state index in [2.05, 4.69) is 15.0 Å². The number of pyridine rings is 1. The molecule has 1 aliphatic rings. The fraction of sp³-hybridized carbons (Fsp3) is 0.409. The first-order valence-corrected chi connectivity index (χ1v) is 11.1. The van der Waals surface area contributed by atoms with E-state index in [-0.39, 0.29) is 71.7 Å². The van der Waals surface area contributed by atoms with Crippen LogP contribution in [0, 0.1) is 11.6 Å². The molecular formula is C22H23ClF2N4O6. The van der Waals surface area contributed by atoms with Gasteiger partial charge in [-0.3, -0.25) is 4.79 Å². The number of benzene rings is 1. The van der Waals surface area contributed by atoms with Crippen molar-refractivity contribution in [1.82, 2.24) is 19.9 Å². The van der Waals surface area contributed by atoms with Crippen molar-refractivity contribution in [3.8, 4) is 17.6 Å². The molecule has 3 aromatic rings. The minimum atomic E-state index is -0.886. The molecule has 1 aromatic carbocycles. The molecule has 1 fully saturated rings. The maximum Gasteiger partial charge on any atom is 0.296 e. The van der Waals surface area contributed by atoms with Gasteiger partial charge >= 0.3 is 0 Å². The fourth-order valence-corrected chi connectivity index (χ4v) is 4.02. The first-order valence-electron chi connectivity index (χ1n) is 10.7. The highest BCUT2D eigenvalue weighted by Crippen LogP contribution is 2.30. The number of imidazole rings is 1. The molecule has 4 rings (SSSR count). The van der Waals surface area contributed by atoms with Gasteiger partial charge in [0.2, 0.25) is 11.8 Å². The van der Waals surface area contributed by atoms with E-state index in [4.69, 9.17) is 30.9 Å². The number of aliphatic hydroxyl groups excluding tert-OH is 2. The average Bonchev–Trinajstić information content (AvgIpc) is 3.40. The number of nitrogens with zero attached hydrogens (tertiary/aromatic N) is 3. The highest BCUT2D eigenvalue weighted by molar-refractivity contribution is 6.32. The molecule has 0 bridgehead atoms. The number of halogens is 3. The molecule has 1 amide bonds. The first-order chi connectivity index (χ1) is 16.8. The molecule has 0 unspecified atom stereocenters. The minimum Gasteiger partial charge on any atom is -0.491 e. The van der Waals surface area contributed by atoms with Crippen LogP contribution < -0.4 is 14.2 Å². The van der Waals surface area contributed by atoms with Gasteiger partial charge in [-0.1, -0.05) is 11.6 Å². The van der Waals surface area contributed by atoms with Crippen molar-refractivity contribution in [2.24, 2.45) is 0 Å². The van der Waals surface area contributed by atoms with Crippen LogP contribution in [0.1, 0.15) is 18.9 Å². The van der Waals surface area contributed by atoms with E-state index < -0.39 is 18.2 Å². The normalized spacial score (nSPS) is 17.7. The zero-order chi connectivity index (χ0) is 25.1.